The minimum Gasteiger partial charge on any atom is -0.493 e. The van der Waals surface area contributed by atoms with Gasteiger partial charge in [0.15, 0.2) is 11.5 Å². The van der Waals surface area contributed by atoms with Crippen molar-refractivity contribution >= 4 is 23.6 Å². The van der Waals surface area contributed by atoms with E-state index < -0.39 is 18.2 Å². The summed E-state index contributed by atoms with van der Waals surface area (Å²) in [6.07, 6.45) is -0.592. The molecule has 3 aromatic rings. The average Bonchev–Trinajstić information content (AvgIpc) is 3.52. The van der Waals surface area contributed by atoms with Gasteiger partial charge in [0.25, 0.3) is 0 Å². The molecule has 10 heteroatoms. The number of esters is 1. The van der Waals surface area contributed by atoms with Crippen molar-refractivity contribution in [1.29, 1.82) is 0 Å². The minimum absolute atomic E-state index is 0.158. The number of carbonyl (C=O) groups is 3. The van der Waals surface area contributed by atoms with Gasteiger partial charge in [0.2, 0.25) is 18.0 Å². The Morgan fingerprint density at radius 2 is 1.92 bits per heavy atom. The van der Waals surface area contributed by atoms with Gasteiger partial charge < -0.3 is 19.5 Å². The SMILES string of the molecule is COc1ccc2c(c1OC)C(=O)OC2N1C(=O)CCC1C(=O)Nc1cc(C)nn1-c1cccc(C)c1. The smallest absolute Gasteiger partial charge is 0.344 e. The number of benzene rings is 2. The van der Waals surface area contributed by atoms with Crippen LogP contribution in [-0.2, 0) is 14.3 Å². The number of cyclic esters (lactones) is 1. The van der Waals surface area contributed by atoms with Gasteiger partial charge in [-0.2, -0.15) is 5.10 Å². The maximum Gasteiger partial charge on any atom is 0.344 e. The first kappa shape index (κ1) is 23.4. The summed E-state index contributed by atoms with van der Waals surface area (Å²) < 4.78 is 17.9. The zero-order valence-corrected chi connectivity index (χ0v) is 20.4. The van der Waals surface area contributed by atoms with Crippen LogP contribution in [0.15, 0.2) is 42.5 Å². The standard InChI is InChI=1S/C26H26N4O6/c1-14-6-5-7-16(12-14)30-20(13-15(2)28-30)27-24(32)18-9-11-21(31)29(18)25-17-8-10-19(34-3)23(35-4)22(17)26(33)36-25/h5-8,10,12-13,18,25H,9,11H2,1-4H3,(H,27,32). The molecule has 2 atom stereocenters. The molecule has 10 nitrogen and oxygen atoms in total. The van der Waals surface area contributed by atoms with Crippen LogP contribution in [0.4, 0.5) is 5.82 Å². The molecule has 3 heterocycles. The number of hydrogen-bond donors (Lipinski definition) is 1. The third kappa shape index (κ3) is 3.84. The summed E-state index contributed by atoms with van der Waals surface area (Å²) in [5.74, 6) is -0.225. The maximum atomic E-state index is 13.5. The predicted octanol–water partition coefficient (Wildman–Crippen LogP) is 3.31. The third-order valence-electron chi connectivity index (χ3n) is 6.41. The number of fused-ring (bicyclic) bond motifs is 1. The molecule has 0 aliphatic carbocycles. The lowest BCUT2D eigenvalue weighted by Gasteiger charge is -2.29. The van der Waals surface area contributed by atoms with Gasteiger partial charge in [-0.1, -0.05) is 12.1 Å². The molecule has 2 unspecified atom stereocenters. The highest BCUT2D eigenvalue weighted by molar-refractivity contribution is 6.01. The van der Waals surface area contributed by atoms with Crippen molar-refractivity contribution in [3.05, 3.63) is 64.8 Å². The van der Waals surface area contributed by atoms with Gasteiger partial charge in [-0.3, -0.25) is 14.5 Å². The summed E-state index contributed by atoms with van der Waals surface area (Å²) in [5, 5.41) is 7.44. The van der Waals surface area contributed by atoms with E-state index in [1.165, 1.54) is 19.1 Å². The first-order valence-electron chi connectivity index (χ1n) is 11.5. The van der Waals surface area contributed by atoms with Crippen LogP contribution in [0.5, 0.6) is 11.5 Å². The summed E-state index contributed by atoms with van der Waals surface area (Å²) >= 11 is 0. The Kier molecular flexibility index (Phi) is 5.87. The van der Waals surface area contributed by atoms with Crippen molar-refractivity contribution in [2.45, 2.75) is 39.0 Å². The number of hydrogen-bond acceptors (Lipinski definition) is 7. The second-order valence-corrected chi connectivity index (χ2v) is 8.79. The summed E-state index contributed by atoms with van der Waals surface area (Å²) in [6, 6.07) is 12.0. The highest BCUT2D eigenvalue weighted by Crippen LogP contribution is 2.45. The third-order valence-corrected chi connectivity index (χ3v) is 6.41. The van der Waals surface area contributed by atoms with Crippen molar-refractivity contribution < 1.29 is 28.6 Å². The van der Waals surface area contributed by atoms with Gasteiger partial charge in [-0.25, -0.2) is 9.48 Å². The molecular formula is C26H26N4O6. The lowest BCUT2D eigenvalue weighted by atomic mass is 10.1. The summed E-state index contributed by atoms with van der Waals surface area (Å²) in [4.78, 5) is 40.5. The Hall–Kier alpha value is -4.34. The molecule has 0 bridgehead atoms. The number of aromatic nitrogens is 2. The normalized spacial score (nSPS) is 18.7. The lowest BCUT2D eigenvalue weighted by Crippen LogP contribution is -2.44. The van der Waals surface area contributed by atoms with E-state index in [4.69, 9.17) is 14.2 Å². The van der Waals surface area contributed by atoms with Crippen molar-refractivity contribution in [3.8, 4) is 17.2 Å². The molecular weight excluding hydrogens is 464 g/mol. The average molecular weight is 491 g/mol. The Bertz CT molecular complexity index is 1380. The number of ether oxygens (including phenoxy) is 3. The summed E-state index contributed by atoms with van der Waals surface area (Å²) in [7, 11) is 2.89. The molecule has 0 radical (unpaired) electrons. The van der Waals surface area contributed by atoms with E-state index in [0.717, 1.165) is 16.9 Å². The van der Waals surface area contributed by atoms with E-state index in [1.807, 2.05) is 38.1 Å². The fraction of sp³-hybridized carbons (Fsp3) is 0.308. The molecule has 0 spiro atoms. The maximum absolute atomic E-state index is 13.5. The van der Waals surface area contributed by atoms with Crippen molar-refractivity contribution in [1.82, 2.24) is 14.7 Å². The van der Waals surface area contributed by atoms with E-state index in [-0.39, 0.29) is 29.5 Å². The van der Waals surface area contributed by atoms with Crippen LogP contribution < -0.4 is 14.8 Å². The number of aryl methyl sites for hydroxylation is 2. The van der Waals surface area contributed by atoms with E-state index in [0.29, 0.717) is 23.6 Å². The van der Waals surface area contributed by atoms with Crippen LogP contribution in [0.25, 0.3) is 5.69 Å². The van der Waals surface area contributed by atoms with Crippen LogP contribution in [0, 0.1) is 13.8 Å². The van der Waals surface area contributed by atoms with E-state index >= 15 is 0 Å². The Morgan fingerprint density at radius 3 is 2.64 bits per heavy atom. The zero-order valence-electron chi connectivity index (χ0n) is 20.4. The number of anilines is 1. The van der Waals surface area contributed by atoms with Crippen molar-refractivity contribution in [2.75, 3.05) is 19.5 Å². The van der Waals surface area contributed by atoms with Gasteiger partial charge in [-0.05, 0) is 50.1 Å². The molecule has 1 aromatic heterocycles. The highest BCUT2D eigenvalue weighted by atomic mass is 16.6. The van der Waals surface area contributed by atoms with Crippen LogP contribution in [0.3, 0.4) is 0 Å². The van der Waals surface area contributed by atoms with E-state index in [2.05, 4.69) is 10.4 Å². The number of rotatable bonds is 6. The molecule has 186 valence electrons. The number of nitrogens with zero attached hydrogens (tertiary/aromatic N) is 3. The fourth-order valence-corrected chi connectivity index (χ4v) is 4.80. The zero-order chi connectivity index (χ0) is 25.6. The minimum atomic E-state index is -1.04. The molecule has 1 saturated heterocycles. The number of methoxy groups -OCH3 is 2. The summed E-state index contributed by atoms with van der Waals surface area (Å²) in [6.45, 7) is 3.81. The molecule has 2 aliphatic heterocycles. The molecule has 2 amide bonds. The molecule has 2 aliphatic rings. The first-order valence-corrected chi connectivity index (χ1v) is 11.5. The van der Waals surface area contributed by atoms with E-state index in [1.54, 1.807) is 22.9 Å². The number of amides is 2. The van der Waals surface area contributed by atoms with E-state index in [9.17, 15) is 14.4 Å². The van der Waals surface area contributed by atoms with Crippen LogP contribution >= 0.6 is 0 Å². The molecule has 5 rings (SSSR count). The van der Waals surface area contributed by atoms with Crippen LogP contribution in [0.2, 0.25) is 0 Å². The number of carbonyl (C=O) groups excluding carboxylic acids is 3. The lowest BCUT2D eigenvalue weighted by molar-refractivity contribution is -0.144. The molecule has 2 aromatic carbocycles. The quantitative estimate of drug-likeness (QED) is 0.528. The second-order valence-electron chi connectivity index (χ2n) is 8.79. The first-order chi connectivity index (χ1) is 17.3. The molecule has 0 saturated carbocycles. The van der Waals surface area contributed by atoms with Gasteiger partial charge in [0.05, 0.1) is 25.6 Å². The van der Waals surface area contributed by atoms with Gasteiger partial charge in [0, 0.05) is 18.1 Å². The second kappa shape index (κ2) is 9.03. The molecule has 1 fully saturated rings. The predicted molar refractivity (Wildman–Crippen MR) is 129 cm³/mol. The monoisotopic (exact) mass is 490 g/mol. The largest absolute Gasteiger partial charge is 0.493 e. The fourth-order valence-electron chi connectivity index (χ4n) is 4.80. The molecule has 1 N–H and O–H groups in total. The highest BCUT2D eigenvalue weighted by Gasteiger charge is 2.48. The van der Waals surface area contributed by atoms with Crippen molar-refractivity contribution in [2.24, 2.45) is 0 Å². The Balaban J connectivity index is 1.45. The summed E-state index contributed by atoms with van der Waals surface area (Å²) in [5.41, 5.74) is 3.22. The van der Waals surface area contributed by atoms with Crippen molar-refractivity contribution in [3.63, 3.8) is 0 Å². The molecule has 36 heavy (non-hydrogen) atoms. The van der Waals surface area contributed by atoms with Gasteiger partial charge in [0.1, 0.15) is 17.4 Å². The Morgan fingerprint density at radius 1 is 1.11 bits per heavy atom. The topological polar surface area (TPSA) is 112 Å². The number of nitrogens with one attached hydrogen (secondary N) is 1. The van der Waals surface area contributed by atoms with Crippen LogP contribution in [-0.4, -0.2) is 52.7 Å². The van der Waals surface area contributed by atoms with Crippen LogP contribution in [0.1, 0.15) is 46.2 Å². The number of likely N-dealkylation sites (tertiary alicyclic amines) is 1. The van der Waals surface area contributed by atoms with Gasteiger partial charge >= 0.3 is 5.97 Å². The van der Waals surface area contributed by atoms with Gasteiger partial charge in [-0.15, -0.1) is 0 Å². The Labute approximate surface area is 207 Å².